The van der Waals surface area contributed by atoms with Crippen LogP contribution in [-0.4, -0.2) is 46.5 Å². The van der Waals surface area contributed by atoms with Crippen molar-refractivity contribution in [3.05, 3.63) is 23.8 Å². The van der Waals surface area contributed by atoms with E-state index in [9.17, 15) is 0 Å². The van der Waals surface area contributed by atoms with Crippen molar-refractivity contribution in [2.75, 3.05) is 40.5 Å². The normalized spacial score (nSPS) is 13.7. The molecule has 0 spiro atoms. The van der Waals surface area contributed by atoms with E-state index in [1.54, 1.807) is 14.2 Å². The van der Waals surface area contributed by atoms with Gasteiger partial charge >= 0.3 is 0 Å². The Balaban J connectivity index is 0.00000338. The van der Waals surface area contributed by atoms with Crippen LogP contribution < -0.4 is 20.1 Å². The van der Waals surface area contributed by atoms with Crippen LogP contribution in [0.2, 0.25) is 0 Å². The van der Waals surface area contributed by atoms with Gasteiger partial charge in [-0.15, -0.1) is 24.0 Å². The third-order valence-electron chi connectivity index (χ3n) is 4.02. The van der Waals surface area contributed by atoms with Crippen molar-refractivity contribution in [1.82, 2.24) is 10.6 Å². The van der Waals surface area contributed by atoms with E-state index in [1.165, 1.54) is 12.8 Å². The van der Waals surface area contributed by atoms with E-state index in [4.69, 9.17) is 14.2 Å². The van der Waals surface area contributed by atoms with E-state index in [0.717, 1.165) is 55.1 Å². The summed E-state index contributed by atoms with van der Waals surface area (Å²) >= 11 is 0. The molecular weight excluding hydrogens is 445 g/mol. The Kier molecular flexibility index (Phi) is 11.4. The van der Waals surface area contributed by atoms with Gasteiger partial charge in [0.2, 0.25) is 0 Å². The first kappa shape index (κ1) is 22.8. The summed E-state index contributed by atoms with van der Waals surface area (Å²) < 4.78 is 16.6. The van der Waals surface area contributed by atoms with Crippen LogP contribution in [0, 0.1) is 5.92 Å². The van der Waals surface area contributed by atoms with E-state index in [2.05, 4.69) is 15.6 Å². The van der Waals surface area contributed by atoms with E-state index in [-0.39, 0.29) is 24.0 Å². The molecule has 148 valence electrons. The van der Waals surface area contributed by atoms with Crippen molar-refractivity contribution in [3.8, 4) is 11.5 Å². The standard InChI is InChI=1S/C19H31N3O3.HI/c1-4-25-18-12-16(8-9-17(18)23-3)13-22-19(20-2)21-10-5-11-24-14-15-6-7-15;/h8-9,12,15H,4-7,10-11,13-14H2,1-3H3,(H2,20,21,22);1H. The van der Waals surface area contributed by atoms with Gasteiger partial charge in [0.05, 0.1) is 13.7 Å². The molecule has 26 heavy (non-hydrogen) atoms. The second kappa shape index (κ2) is 13.0. The van der Waals surface area contributed by atoms with Crippen molar-refractivity contribution in [3.63, 3.8) is 0 Å². The molecule has 2 N–H and O–H groups in total. The van der Waals surface area contributed by atoms with E-state index >= 15 is 0 Å². The monoisotopic (exact) mass is 477 g/mol. The molecule has 1 aliphatic rings. The molecule has 0 unspecified atom stereocenters. The number of guanidine groups is 1. The third-order valence-corrected chi connectivity index (χ3v) is 4.02. The van der Waals surface area contributed by atoms with E-state index < -0.39 is 0 Å². The SMILES string of the molecule is CCOc1cc(CNC(=NC)NCCCOCC2CC2)ccc1OC.I. The van der Waals surface area contributed by atoms with Gasteiger partial charge in [-0.2, -0.15) is 0 Å². The van der Waals surface area contributed by atoms with Crippen LogP contribution in [-0.2, 0) is 11.3 Å². The molecule has 0 aromatic heterocycles. The molecule has 1 aromatic carbocycles. The lowest BCUT2D eigenvalue weighted by Gasteiger charge is -2.14. The molecule has 0 radical (unpaired) electrons. The predicted octanol–water partition coefficient (Wildman–Crippen LogP) is 3.19. The van der Waals surface area contributed by atoms with Crippen LogP contribution in [0.5, 0.6) is 11.5 Å². The van der Waals surface area contributed by atoms with Gasteiger partial charge in [-0.1, -0.05) is 6.07 Å². The number of nitrogens with one attached hydrogen (secondary N) is 2. The Bertz CT molecular complexity index is 551. The zero-order chi connectivity index (χ0) is 17.9. The summed E-state index contributed by atoms with van der Waals surface area (Å²) in [4.78, 5) is 4.25. The minimum atomic E-state index is 0. The van der Waals surface area contributed by atoms with Crippen molar-refractivity contribution in [2.45, 2.75) is 32.7 Å². The number of methoxy groups -OCH3 is 1. The largest absolute Gasteiger partial charge is 0.493 e. The van der Waals surface area contributed by atoms with Crippen LogP contribution >= 0.6 is 24.0 Å². The molecule has 0 saturated heterocycles. The first-order chi connectivity index (χ1) is 12.3. The molecule has 0 bridgehead atoms. The van der Waals surface area contributed by atoms with Gasteiger partial charge in [0.1, 0.15) is 0 Å². The van der Waals surface area contributed by atoms with Gasteiger partial charge < -0.3 is 24.8 Å². The molecule has 0 atom stereocenters. The third kappa shape index (κ3) is 8.44. The van der Waals surface area contributed by atoms with Gasteiger partial charge in [-0.05, 0) is 49.8 Å². The molecule has 1 aliphatic carbocycles. The fourth-order valence-corrected chi connectivity index (χ4v) is 2.42. The lowest BCUT2D eigenvalue weighted by atomic mass is 10.2. The molecule has 0 amide bonds. The topological polar surface area (TPSA) is 64.1 Å². The molecule has 1 fully saturated rings. The molecule has 1 aromatic rings. The van der Waals surface area contributed by atoms with Crippen molar-refractivity contribution in [1.29, 1.82) is 0 Å². The van der Waals surface area contributed by atoms with Crippen LogP contribution in [0.15, 0.2) is 23.2 Å². The summed E-state index contributed by atoms with van der Waals surface area (Å²) in [6.07, 6.45) is 3.65. The number of hydrogen-bond acceptors (Lipinski definition) is 4. The molecule has 0 aliphatic heterocycles. The summed E-state index contributed by atoms with van der Waals surface area (Å²) in [6, 6.07) is 5.94. The number of nitrogens with zero attached hydrogens (tertiary/aromatic N) is 1. The number of benzene rings is 1. The smallest absolute Gasteiger partial charge is 0.191 e. The fourth-order valence-electron chi connectivity index (χ4n) is 2.42. The van der Waals surface area contributed by atoms with Gasteiger partial charge in [0, 0.05) is 33.4 Å². The molecule has 7 heteroatoms. The van der Waals surface area contributed by atoms with Crippen molar-refractivity contribution < 1.29 is 14.2 Å². The second-order valence-electron chi connectivity index (χ2n) is 6.14. The van der Waals surface area contributed by atoms with Crippen LogP contribution in [0.4, 0.5) is 0 Å². The van der Waals surface area contributed by atoms with E-state index in [0.29, 0.717) is 13.2 Å². The van der Waals surface area contributed by atoms with E-state index in [1.807, 2.05) is 25.1 Å². The molecular formula is C19H32IN3O3. The lowest BCUT2D eigenvalue weighted by Crippen LogP contribution is -2.37. The molecule has 0 heterocycles. The van der Waals surface area contributed by atoms with Crippen molar-refractivity contribution in [2.24, 2.45) is 10.9 Å². The van der Waals surface area contributed by atoms with Gasteiger partial charge in [-0.3, -0.25) is 4.99 Å². The maximum atomic E-state index is 5.63. The summed E-state index contributed by atoms with van der Waals surface area (Å²) in [6.45, 7) is 5.81. The average Bonchev–Trinajstić information content (AvgIpc) is 3.45. The minimum Gasteiger partial charge on any atom is -0.493 e. The molecule has 6 nitrogen and oxygen atoms in total. The van der Waals surface area contributed by atoms with Crippen molar-refractivity contribution >= 4 is 29.9 Å². The quantitative estimate of drug-likeness (QED) is 0.222. The van der Waals surface area contributed by atoms with Crippen LogP contribution in [0.1, 0.15) is 31.7 Å². The highest BCUT2D eigenvalue weighted by molar-refractivity contribution is 14.0. The molecule has 1 saturated carbocycles. The number of rotatable bonds is 11. The average molecular weight is 477 g/mol. The summed E-state index contributed by atoms with van der Waals surface area (Å²) in [5.74, 6) is 3.13. The Hall–Kier alpha value is -1.22. The zero-order valence-corrected chi connectivity index (χ0v) is 18.4. The maximum absolute atomic E-state index is 5.63. The minimum absolute atomic E-state index is 0. The highest BCUT2D eigenvalue weighted by Gasteiger charge is 2.20. The zero-order valence-electron chi connectivity index (χ0n) is 16.0. The fraction of sp³-hybridized carbons (Fsp3) is 0.632. The Labute approximate surface area is 174 Å². The van der Waals surface area contributed by atoms with Gasteiger partial charge in [0.25, 0.3) is 0 Å². The van der Waals surface area contributed by atoms with Gasteiger partial charge in [0.15, 0.2) is 17.5 Å². The first-order valence-corrected chi connectivity index (χ1v) is 9.08. The summed E-state index contributed by atoms with van der Waals surface area (Å²) in [5, 5.41) is 6.62. The molecule has 2 rings (SSSR count). The van der Waals surface area contributed by atoms with Crippen LogP contribution in [0.25, 0.3) is 0 Å². The highest BCUT2D eigenvalue weighted by Crippen LogP contribution is 2.29. The predicted molar refractivity (Wildman–Crippen MR) is 116 cm³/mol. The van der Waals surface area contributed by atoms with Gasteiger partial charge in [-0.25, -0.2) is 0 Å². The second-order valence-corrected chi connectivity index (χ2v) is 6.14. The highest BCUT2D eigenvalue weighted by atomic mass is 127. The number of halogens is 1. The number of hydrogen-bond donors (Lipinski definition) is 2. The van der Waals surface area contributed by atoms with Crippen LogP contribution in [0.3, 0.4) is 0 Å². The first-order valence-electron chi connectivity index (χ1n) is 9.08. The maximum Gasteiger partial charge on any atom is 0.191 e. The Morgan fingerprint density at radius 3 is 2.69 bits per heavy atom. The number of aliphatic imine (C=N–C) groups is 1. The summed E-state index contributed by atoms with van der Waals surface area (Å²) in [7, 11) is 3.43. The summed E-state index contributed by atoms with van der Waals surface area (Å²) in [5.41, 5.74) is 1.11. The number of ether oxygens (including phenoxy) is 3. The Morgan fingerprint density at radius 2 is 2.04 bits per heavy atom. The lowest BCUT2D eigenvalue weighted by molar-refractivity contribution is 0.123. The Morgan fingerprint density at radius 1 is 1.23 bits per heavy atom.